The molecule has 0 atom stereocenters. The molecule has 5 heteroatoms. The Morgan fingerprint density at radius 2 is 2.00 bits per heavy atom. The molecule has 0 spiro atoms. The smallest absolute Gasteiger partial charge is 0.127 e. The zero-order chi connectivity index (χ0) is 12.1. The molecule has 1 heterocycles. The molecule has 0 aromatic carbocycles. The van der Waals surface area contributed by atoms with E-state index in [1.807, 2.05) is 0 Å². The van der Waals surface area contributed by atoms with E-state index in [-0.39, 0.29) is 11.1 Å². The topological polar surface area (TPSA) is 93.4 Å². The molecule has 0 saturated carbocycles. The normalized spacial score (nSPS) is 12.6. The lowest BCUT2D eigenvalue weighted by atomic mass is 10.1. The van der Waals surface area contributed by atoms with E-state index in [1.54, 1.807) is 6.07 Å². The largest absolute Gasteiger partial charge is 0.545 e. The third-order valence-corrected chi connectivity index (χ3v) is 1.77. The molecule has 0 N–H and O–H groups in total. The first-order valence-corrected chi connectivity index (χ1v) is 4.37. The first-order chi connectivity index (χ1) is 7.50. The Morgan fingerprint density at radius 3 is 2.44 bits per heavy atom. The van der Waals surface area contributed by atoms with Crippen LogP contribution < -0.4 is 10.2 Å². The second-order valence-corrected chi connectivity index (χ2v) is 3.02. The molecule has 5 nitrogen and oxygen atoms in total. The minimum atomic E-state index is -1.49. The van der Waals surface area contributed by atoms with Crippen LogP contribution in [0, 0.1) is 0 Å². The van der Waals surface area contributed by atoms with E-state index in [0.29, 0.717) is 5.76 Å². The first kappa shape index (κ1) is 11.8. The second-order valence-electron chi connectivity index (χ2n) is 3.02. The Labute approximate surface area is 91.3 Å². The Morgan fingerprint density at radius 1 is 1.31 bits per heavy atom. The van der Waals surface area contributed by atoms with Crippen molar-refractivity contribution in [2.75, 3.05) is 0 Å². The molecule has 1 aromatic heterocycles. The van der Waals surface area contributed by atoms with Gasteiger partial charge in [-0.1, -0.05) is 0 Å². The van der Waals surface area contributed by atoms with Crippen LogP contribution in [0.4, 0.5) is 0 Å². The third-order valence-electron chi connectivity index (χ3n) is 1.77. The molecule has 1 rings (SSSR count). The molecule has 0 fully saturated rings. The molecule has 0 aliphatic heterocycles. The van der Waals surface area contributed by atoms with Crippen LogP contribution >= 0.6 is 0 Å². The van der Waals surface area contributed by atoms with Gasteiger partial charge >= 0.3 is 0 Å². The SMILES string of the molecule is CC(=CC(=Cc1ccco1)C(=O)[O-])C(=O)[O-]. The molecular weight excluding hydrogens is 212 g/mol. The summed E-state index contributed by atoms with van der Waals surface area (Å²) in [6.45, 7) is 1.23. The van der Waals surface area contributed by atoms with Crippen molar-refractivity contribution in [2.24, 2.45) is 0 Å². The number of furan rings is 1. The molecule has 0 saturated heterocycles. The summed E-state index contributed by atoms with van der Waals surface area (Å²) in [6, 6.07) is 3.11. The highest BCUT2D eigenvalue weighted by atomic mass is 16.4. The van der Waals surface area contributed by atoms with Crippen LogP contribution in [0.15, 0.2) is 40.0 Å². The summed E-state index contributed by atoms with van der Waals surface area (Å²) < 4.78 is 4.90. The van der Waals surface area contributed by atoms with E-state index in [1.165, 1.54) is 25.3 Å². The van der Waals surface area contributed by atoms with Crippen molar-refractivity contribution in [1.29, 1.82) is 0 Å². The van der Waals surface area contributed by atoms with Crippen molar-refractivity contribution < 1.29 is 24.2 Å². The van der Waals surface area contributed by atoms with Gasteiger partial charge in [0.15, 0.2) is 0 Å². The van der Waals surface area contributed by atoms with Crippen molar-refractivity contribution >= 4 is 18.0 Å². The average Bonchev–Trinajstić information content (AvgIpc) is 2.68. The number of carboxylic acids is 2. The highest BCUT2D eigenvalue weighted by Gasteiger charge is 1.99. The van der Waals surface area contributed by atoms with E-state index >= 15 is 0 Å². The minimum absolute atomic E-state index is 0.206. The van der Waals surface area contributed by atoms with Crippen LogP contribution in [0.2, 0.25) is 0 Å². The number of rotatable bonds is 4. The van der Waals surface area contributed by atoms with Crippen LogP contribution in [-0.4, -0.2) is 11.9 Å². The fourth-order valence-electron chi connectivity index (χ4n) is 0.978. The number of carbonyl (C=O) groups is 2. The molecule has 0 unspecified atom stereocenters. The summed E-state index contributed by atoms with van der Waals surface area (Å²) in [4.78, 5) is 21.1. The zero-order valence-electron chi connectivity index (χ0n) is 8.43. The van der Waals surface area contributed by atoms with E-state index < -0.39 is 11.9 Å². The van der Waals surface area contributed by atoms with Gasteiger partial charge in [-0.25, -0.2) is 0 Å². The molecule has 0 amide bonds. The molecule has 0 radical (unpaired) electrons. The molecule has 84 valence electrons. The Bertz CT molecular complexity index is 451. The van der Waals surface area contributed by atoms with Gasteiger partial charge in [-0.15, -0.1) is 0 Å². The molecule has 0 aliphatic carbocycles. The number of hydrogen-bond donors (Lipinski definition) is 0. The highest BCUT2D eigenvalue weighted by Crippen LogP contribution is 2.09. The van der Waals surface area contributed by atoms with E-state index in [9.17, 15) is 19.8 Å². The molecular formula is C11H8O5-2. The molecule has 1 aromatic rings. The van der Waals surface area contributed by atoms with Crippen LogP contribution in [0.3, 0.4) is 0 Å². The minimum Gasteiger partial charge on any atom is -0.545 e. The maximum atomic E-state index is 10.7. The van der Waals surface area contributed by atoms with Crippen molar-refractivity contribution in [3.05, 3.63) is 41.4 Å². The lowest BCUT2D eigenvalue weighted by molar-refractivity contribution is -0.299. The maximum absolute atomic E-state index is 10.7. The number of carbonyl (C=O) groups excluding carboxylic acids is 2. The summed E-state index contributed by atoms with van der Waals surface area (Å²) in [5, 5.41) is 21.1. The zero-order valence-corrected chi connectivity index (χ0v) is 8.43. The van der Waals surface area contributed by atoms with Gasteiger partial charge in [-0.2, -0.15) is 0 Å². The van der Waals surface area contributed by atoms with Gasteiger partial charge in [0.2, 0.25) is 0 Å². The van der Waals surface area contributed by atoms with E-state index in [2.05, 4.69) is 0 Å². The van der Waals surface area contributed by atoms with Gasteiger partial charge < -0.3 is 24.2 Å². The van der Waals surface area contributed by atoms with Gasteiger partial charge in [0, 0.05) is 5.57 Å². The molecule has 0 aliphatic rings. The first-order valence-electron chi connectivity index (χ1n) is 4.37. The fourth-order valence-corrected chi connectivity index (χ4v) is 0.978. The van der Waals surface area contributed by atoms with E-state index in [0.717, 1.165) is 6.08 Å². The summed E-state index contributed by atoms with van der Waals surface area (Å²) >= 11 is 0. The van der Waals surface area contributed by atoms with Gasteiger partial charge in [-0.05, 0) is 36.8 Å². The van der Waals surface area contributed by atoms with Crippen molar-refractivity contribution in [2.45, 2.75) is 6.92 Å². The maximum Gasteiger partial charge on any atom is 0.127 e. The van der Waals surface area contributed by atoms with E-state index in [4.69, 9.17) is 4.42 Å². The number of aliphatic carboxylic acids is 2. The highest BCUT2D eigenvalue weighted by molar-refractivity contribution is 5.96. The third kappa shape index (κ3) is 3.13. The van der Waals surface area contributed by atoms with Crippen molar-refractivity contribution in [1.82, 2.24) is 0 Å². The standard InChI is InChI=1S/C11H10O5/c1-7(10(12)13)5-8(11(14)15)6-9-3-2-4-16-9/h2-6H,1H3,(H,12,13)(H,14,15)/p-2. The van der Waals surface area contributed by atoms with Crippen molar-refractivity contribution in [3.8, 4) is 0 Å². The van der Waals surface area contributed by atoms with Gasteiger partial charge in [0.1, 0.15) is 5.76 Å². The summed E-state index contributed by atoms with van der Waals surface area (Å²) in [6.07, 6.45) is 3.49. The lowest BCUT2D eigenvalue weighted by Crippen LogP contribution is -2.26. The van der Waals surface area contributed by atoms with Crippen LogP contribution in [0.5, 0.6) is 0 Å². The van der Waals surface area contributed by atoms with Crippen molar-refractivity contribution in [3.63, 3.8) is 0 Å². The average molecular weight is 220 g/mol. The lowest BCUT2D eigenvalue weighted by Gasteiger charge is -2.06. The van der Waals surface area contributed by atoms with Gasteiger partial charge in [0.25, 0.3) is 0 Å². The molecule has 0 bridgehead atoms. The van der Waals surface area contributed by atoms with Gasteiger partial charge in [-0.3, -0.25) is 0 Å². The Balaban J connectivity index is 3.06. The summed E-state index contributed by atoms with van der Waals surface area (Å²) in [5.74, 6) is -2.63. The Hall–Kier alpha value is -2.30. The predicted octanol–water partition coefficient (Wildman–Crippen LogP) is -0.891. The number of hydrogen-bond acceptors (Lipinski definition) is 5. The monoisotopic (exact) mass is 220 g/mol. The quantitative estimate of drug-likeness (QED) is 0.484. The number of carboxylic acid groups (broad SMARTS) is 2. The van der Waals surface area contributed by atoms with Crippen LogP contribution in [0.1, 0.15) is 12.7 Å². The van der Waals surface area contributed by atoms with Crippen LogP contribution in [-0.2, 0) is 9.59 Å². The molecule has 16 heavy (non-hydrogen) atoms. The Kier molecular flexibility index (Phi) is 3.66. The summed E-state index contributed by atoms with van der Waals surface area (Å²) in [5.41, 5.74) is -0.501. The van der Waals surface area contributed by atoms with Crippen LogP contribution in [0.25, 0.3) is 6.08 Å². The summed E-state index contributed by atoms with van der Waals surface area (Å²) in [7, 11) is 0. The second kappa shape index (κ2) is 4.97. The van der Waals surface area contributed by atoms with Gasteiger partial charge in [0.05, 0.1) is 18.2 Å². The predicted molar refractivity (Wildman–Crippen MR) is 50.5 cm³/mol. The fraction of sp³-hybridized carbons (Fsp3) is 0.0909.